The normalized spacial score (nSPS) is 12.7. The van der Waals surface area contributed by atoms with Crippen LogP contribution in [-0.2, 0) is 6.54 Å². The van der Waals surface area contributed by atoms with E-state index in [9.17, 15) is 4.79 Å². The lowest BCUT2D eigenvalue weighted by molar-refractivity contribution is 0.0962. The van der Waals surface area contributed by atoms with Crippen LogP contribution in [0.1, 0.15) is 50.0 Å². The first-order valence-electron chi connectivity index (χ1n) is 5.86. The predicted octanol–water partition coefficient (Wildman–Crippen LogP) is 1.39. The van der Waals surface area contributed by atoms with Crippen LogP contribution in [0.3, 0.4) is 0 Å². The number of rotatable bonds is 7. The Morgan fingerprint density at radius 1 is 1.50 bits per heavy atom. The zero-order chi connectivity index (χ0) is 12.0. The second-order valence-corrected chi connectivity index (χ2v) is 4.02. The van der Waals surface area contributed by atoms with Gasteiger partial charge in [0, 0.05) is 19.0 Å². The predicted molar refractivity (Wildman–Crippen MR) is 62.1 cm³/mol. The summed E-state index contributed by atoms with van der Waals surface area (Å²) < 4.78 is 1.65. The first kappa shape index (κ1) is 12.8. The van der Waals surface area contributed by atoms with Crippen LogP contribution < -0.4 is 5.73 Å². The Bertz CT molecular complexity index is 334. The molecule has 16 heavy (non-hydrogen) atoms. The molecule has 5 nitrogen and oxygen atoms in total. The number of hydrogen-bond donors (Lipinski definition) is 1. The van der Waals surface area contributed by atoms with Crippen molar-refractivity contribution in [1.82, 2.24) is 15.0 Å². The largest absolute Gasteiger partial charge is 0.327 e. The Balaban J connectivity index is 2.61. The highest BCUT2D eigenvalue weighted by atomic mass is 16.1. The molecule has 2 N–H and O–H groups in total. The summed E-state index contributed by atoms with van der Waals surface area (Å²) in [5.74, 6) is 0.0411. The Morgan fingerprint density at radius 3 is 2.88 bits per heavy atom. The number of hydrogen-bond acceptors (Lipinski definition) is 4. The van der Waals surface area contributed by atoms with Gasteiger partial charge in [-0.3, -0.25) is 4.79 Å². The number of aryl methyl sites for hydroxylation is 1. The monoisotopic (exact) mass is 224 g/mol. The molecular weight excluding hydrogens is 204 g/mol. The summed E-state index contributed by atoms with van der Waals surface area (Å²) in [4.78, 5) is 11.9. The topological polar surface area (TPSA) is 73.8 Å². The highest BCUT2D eigenvalue weighted by molar-refractivity contribution is 5.94. The van der Waals surface area contributed by atoms with E-state index in [1.807, 2.05) is 6.92 Å². The van der Waals surface area contributed by atoms with Crippen molar-refractivity contribution in [1.29, 1.82) is 0 Å². The van der Waals surface area contributed by atoms with Crippen molar-refractivity contribution < 1.29 is 4.79 Å². The summed E-state index contributed by atoms with van der Waals surface area (Å²) in [5.41, 5.74) is 6.42. The number of carbonyl (C=O) groups is 1. The second kappa shape index (κ2) is 6.37. The maximum atomic E-state index is 11.9. The molecule has 0 aliphatic heterocycles. The van der Waals surface area contributed by atoms with Gasteiger partial charge in [-0.2, -0.15) is 0 Å². The molecule has 1 unspecified atom stereocenters. The maximum Gasteiger partial charge on any atom is 0.184 e. The fourth-order valence-electron chi connectivity index (χ4n) is 1.67. The van der Waals surface area contributed by atoms with E-state index in [0.717, 1.165) is 25.8 Å². The Morgan fingerprint density at radius 2 is 2.25 bits per heavy atom. The lowest BCUT2D eigenvalue weighted by Gasteiger charge is -2.09. The standard InChI is InChI=1S/C11H20N4O/c1-3-5-9(12)7-11(16)10-8-13-14-15(10)6-4-2/h8-9H,3-7,12H2,1-2H3. The summed E-state index contributed by atoms with van der Waals surface area (Å²) in [6, 6.07) is -0.0533. The molecule has 0 bridgehead atoms. The molecule has 90 valence electrons. The maximum absolute atomic E-state index is 11.9. The van der Waals surface area contributed by atoms with E-state index in [1.165, 1.54) is 6.20 Å². The molecule has 0 aliphatic carbocycles. The van der Waals surface area contributed by atoms with Crippen molar-refractivity contribution >= 4 is 5.78 Å². The van der Waals surface area contributed by atoms with E-state index in [2.05, 4.69) is 17.2 Å². The molecule has 0 radical (unpaired) electrons. The van der Waals surface area contributed by atoms with Crippen LogP contribution in [0.2, 0.25) is 0 Å². The van der Waals surface area contributed by atoms with Crippen molar-refractivity contribution in [2.45, 2.75) is 52.1 Å². The SMILES string of the molecule is CCCC(N)CC(=O)c1cnnn1CCC. The van der Waals surface area contributed by atoms with E-state index in [-0.39, 0.29) is 11.8 Å². The molecule has 0 saturated heterocycles. The minimum atomic E-state index is -0.0533. The van der Waals surface area contributed by atoms with Crippen LogP contribution in [0.25, 0.3) is 0 Å². The first-order valence-corrected chi connectivity index (χ1v) is 5.86. The molecule has 1 aromatic heterocycles. The van der Waals surface area contributed by atoms with Gasteiger partial charge in [0.2, 0.25) is 0 Å². The van der Waals surface area contributed by atoms with E-state index in [1.54, 1.807) is 4.68 Å². The number of nitrogens with zero attached hydrogens (tertiary/aromatic N) is 3. The average molecular weight is 224 g/mol. The van der Waals surface area contributed by atoms with Gasteiger partial charge < -0.3 is 5.73 Å². The molecule has 0 spiro atoms. The van der Waals surface area contributed by atoms with Gasteiger partial charge >= 0.3 is 0 Å². The molecule has 0 amide bonds. The molecule has 0 aromatic carbocycles. The van der Waals surface area contributed by atoms with Crippen LogP contribution in [0, 0.1) is 0 Å². The van der Waals surface area contributed by atoms with E-state index in [0.29, 0.717) is 12.1 Å². The molecule has 1 atom stereocenters. The van der Waals surface area contributed by atoms with Crippen molar-refractivity contribution in [3.05, 3.63) is 11.9 Å². The molecule has 5 heteroatoms. The molecule has 0 fully saturated rings. The number of aromatic nitrogens is 3. The average Bonchev–Trinajstić information content (AvgIpc) is 2.66. The minimum Gasteiger partial charge on any atom is -0.327 e. The van der Waals surface area contributed by atoms with Gasteiger partial charge in [0.25, 0.3) is 0 Å². The lowest BCUT2D eigenvalue weighted by atomic mass is 10.1. The summed E-state index contributed by atoms with van der Waals surface area (Å²) in [6.07, 6.45) is 4.72. The minimum absolute atomic E-state index is 0.0411. The Labute approximate surface area is 96.0 Å². The van der Waals surface area contributed by atoms with Crippen LogP contribution in [0.4, 0.5) is 0 Å². The number of ketones is 1. The second-order valence-electron chi connectivity index (χ2n) is 4.02. The van der Waals surface area contributed by atoms with Crippen LogP contribution in [0.15, 0.2) is 6.20 Å². The Hall–Kier alpha value is -1.23. The summed E-state index contributed by atoms with van der Waals surface area (Å²) in [5, 5.41) is 7.65. The summed E-state index contributed by atoms with van der Waals surface area (Å²) in [6.45, 7) is 4.83. The lowest BCUT2D eigenvalue weighted by Crippen LogP contribution is -2.24. The third-order valence-electron chi connectivity index (χ3n) is 2.45. The molecular formula is C11H20N4O. The smallest absolute Gasteiger partial charge is 0.184 e. The van der Waals surface area contributed by atoms with Crippen LogP contribution >= 0.6 is 0 Å². The number of Topliss-reactive ketones (excluding diaryl/α,β-unsaturated/α-hetero) is 1. The van der Waals surface area contributed by atoms with Gasteiger partial charge in [0.15, 0.2) is 5.78 Å². The number of carbonyl (C=O) groups excluding carboxylic acids is 1. The van der Waals surface area contributed by atoms with E-state index >= 15 is 0 Å². The molecule has 1 aromatic rings. The quantitative estimate of drug-likeness (QED) is 0.710. The van der Waals surface area contributed by atoms with Gasteiger partial charge in [-0.05, 0) is 12.8 Å². The van der Waals surface area contributed by atoms with Gasteiger partial charge in [-0.1, -0.05) is 25.5 Å². The van der Waals surface area contributed by atoms with Gasteiger partial charge in [0.1, 0.15) is 5.69 Å². The fraction of sp³-hybridized carbons (Fsp3) is 0.727. The van der Waals surface area contributed by atoms with E-state index < -0.39 is 0 Å². The van der Waals surface area contributed by atoms with Crippen molar-refractivity contribution in [2.24, 2.45) is 5.73 Å². The molecule has 1 rings (SSSR count). The third kappa shape index (κ3) is 3.41. The van der Waals surface area contributed by atoms with E-state index in [4.69, 9.17) is 5.73 Å². The fourth-order valence-corrected chi connectivity index (χ4v) is 1.67. The summed E-state index contributed by atoms with van der Waals surface area (Å²) in [7, 11) is 0. The highest BCUT2D eigenvalue weighted by Gasteiger charge is 2.15. The Kier molecular flexibility index (Phi) is 5.11. The molecule has 1 heterocycles. The molecule has 0 aliphatic rings. The van der Waals surface area contributed by atoms with Crippen molar-refractivity contribution in [3.63, 3.8) is 0 Å². The zero-order valence-electron chi connectivity index (χ0n) is 10.0. The highest BCUT2D eigenvalue weighted by Crippen LogP contribution is 2.07. The summed E-state index contributed by atoms with van der Waals surface area (Å²) >= 11 is 0. The van der Waals surface area contributed by atoms with Crippen molar-refractivity contribution in [3.8, 4) is 0 Å². The van der Waals surface area contributed by atoms with Crippen LogP contribution in [-0.4, -0.2) is 26.8 Å². The zero-order valence-corrected chi connectivity index (χ0v) is 10.0. The third-order valence-corrected chi connectivity index (χ3v) is 2.45. The number of nitrogens with two attached hydrogens (primary N) is 1. The first-order chi connectivity index (χ1) is 7.69. The van der Waals surface area contributed by atoms with Gasteiger partial charge in [0.05, 0.1) is 6.20 Å². The van der Waals surface area contributed by atoms with Crippen molar-refractivity contribution in [2.75, 3.05) is 0 Å². The molecule has 0 saturated carbocycles. The van der Waals surface area contributed by atoms with Crippen LogP contribution in [0.5, 0.6) is 0 Å². The van der Waals surface area contributed by atoms with Gasteiger partial charge in [-0.15, -0.1) is 5.10 Å². The van der Waals surface area contributed by atoms with Gasteiger partial charge in [-0.25, -0.2) is 4.68 Å².